The second-order valence-corrected chi connectivity index (χ2v) is 7.36. The molecule has 7 nitrogen and oxygen atoms in total. The molecule has 0 spiro atoms. The van der Waals surface area contributed by atoms with Crippen molar-refractivity contribution >= 4 is 5.91 Å². The van der Waals surface area contributed by atoms with Gasteiger partial charge in [-0.3, -0.25) is 4.79 Å². The summed E-state index contributed by atoms with van der Waals surface area (Å²) in [5.74, 6) is 1.56. The number of carbonyl (C=O) groups excluding carboxylic acids is 1. The van der Waals surface area contributed by atoms with Crippen LogP contribution in [0.4, 0.5) is 0 Å². The van der Waals surface area contributed by atoms with Gasteiger partial charge in [-0.2, -0.15) is 5.10 Å². The first kappa shape index (κ1) is 22.2. The van der Waals surface area contributed by atoms with E-state index in [4.69, 9.17) is 14.2 Å². The summed E-state index contributed by atoms with van der Waals surface area (Å²) < 4.78 is 18.1. The molecule has 0 bridgehead atoms. The van der Waals surface area contributed by atoms with E-state index in [0.717, 1.165) is 28.2 Å². The highest BCUT2D eigenvalue weighted by atomic mass is 16.5. The van der Waals surface area contributed by atoms with Crippen molar-refractivity contribution < 1.29 is 19.0 Å². The van der Waals surface area contributed by atoms with Crippen LogP contribution < -0.4 is 14.2 Å². The molecule has 0 fully saturated rings. The van der Waals surface area contributed by atoms with Crippen LogP contribution in [0.25, 0.3) is 5.69 Å². The summed E-state index contributed by atoms with van der Waals surface area (Å²) in [6.45, 7) is 4.48. The van der Waals surface area contributed by atoms with Crippen molar-refractivity contribution in [3.63, 3.8) is 0 Å². The normalized spacial score (nSPS) is 10.6. The molecule has 0 aliphatic rings. The highest BCUT2D eigenvalue weighted by Crippen LogP contribution is 2.38. The average Bonchev–Trinajstić information content (AvgIpc) is 3.07. The Balaban J connectivity index is 1.78. The monoisotopic (exact) mass is 423 g/mol. The molecule has 1 heterocycles. The maximum atomic E-state index is 13.0. The first-order chi connectivity index (χ1) is 14.9. The number of para-hydroxylation sites is 1. The number of amides is 1. The largest absolute Gasteiger partial charge is 0.493 e. The lowest BCUT2D eigenvalue weighted by molar-refractivity contribution is -0.129. The molecule has 1 aromatic heterocycles. The Morgan fingerprint density at radius 3 is 2.16 bits per heavy atom. The van der Waals surface area contributed by atoms with E-state index in [9.17, 15) is 4.79 Å². The zero-order valence-corrected chi connectivity index (χ0v) is 18.9. The molecule has 0 N–H and O–H groups in total. The highest BCUT2D eigenvalue weighted by molar-refractivity contribution is 5.79. The molecule has 0 atom stereocenters. The van der Waals surface area contributed by atoms with Crippen molar-refractivity contribution in [1.29, 1.82) is 0 Å². The van der Waals surface area contributed by atoms with Gasteiger partial charge in [0.2, 0.25) is 11.7 Å². The van der Waals surface area contributed by atoms with Gasteiger partial charge in [0.15, 0.2) is 11.5 Å². The number of rotatable bonds is 8. The van der Waals surface area contributed by atoms with Gasteiger partial charge in [0.1, 0.15) is 0 Å². The van der Waals surface area contributed by atoms with E-state index in [2.05, 4.69) is 5.10 Å². The van der Waals surface area contributed by atoms with Crippen molar-refractivity contribution in [3.05, 3.63) is 65.0 Å². The van der Waals surface area contributed by atoms with Crippen LogP contribution in [0.3, 0.4) is 0 Å². The number of carbonyl (C=O) groups is 1. The zero-order chi connectivity index (χ0) is 22.5. The molecular weight excluding hydrogens is 394 g/mol. The molecule has 0 radical (unpaired) electrons. The molecule has 0 saturated carbocycles. The average molecular weight is 424 g/mol. The number of ether oxygens (including phenoxy) is 3. The third-order valence-electron chi connectivity index (χ3n) is 5.34. The number of hydrogen-bond acceptors (Lipinski definition) is 5. The van der Waals surface area contributed by atoms with Gasteiger partial charge >= 0.3 is 0 Å². The summed E-state index contributed by atoms with van der Waals surface area (Å²) in [7, 11) is 6.48. The first-order valence-corrected chi connectivity index (χ1v) is 10.0. The molecule has 0 saturated heterocycles. The number of hydrogen-bond donors (Lipinski definition) is 0. The maximum absolute atomic E-state index is 13.0. The number of nitrogens with zero attached hydrogens (tertiary/aromatic N) is 3. The summed E-state index contributed by atoms with van der Waals surface area (Å²) in [5, 5.41) is 4.67. The summed E-state index contributed by atoms with van der Waals surface area (Å²) in [6, 6.07) is 13.6. The molecule has 0 aliphatic carbocycles. The fourth-order valence-electron chi connectivity index (χ4n) is 3.60. The van der Waals surface area contributed by atoms with Gasteiger partial charge in [0.25, 0.3) is 0 Å². The molecule has 164 valence electrons. The molecule has 3 aromatic rings. The number of aryl methyl sites for hydroxylation is 1. The Hall–Kier alpha value is -3.48. The van der Waals surface area contributed by atoms with Crippen molar-refractivity contribution in [1.82, 2.24) is 14.7 Å². The molecule has 3 rings (SSSR count). The molecule has 0 unspecified atom stereocenters. The Morgan fingerprint density at radius 2 is 1.61 bits per heavy atom. The van der Waals surface area contributed by atoms with Crippen molar-refractivity contribution in [2.45, 2.75) is 26.8 Å². The van der Waals surface area contributed by atoms with E-state index < -0.39 is 0 Å². The van der Waals surface area contributed by atoms with Crippen LogP contribution in [0.15, 0.2) is 42.5 Å². The Bertz CT molecular complexity index is 1040. The smallest absolute Gasteiger partial charge is 0.227 e. The summed E-state index contributed by atoms with van der Waals surface area (Å²) >= 11 is 0. The lowest BCUT2D eigenvalue weighted by Crippen LogP contribution is -2.28. The van der Waals surface area contributed by atoms with E-state index in [-0.39, 0.29) is 12.3 Å². The van der Waals surface area contributed by atoms with Gasteiger partial charge in [-0.05, 0) is 43.7 Å². The van der Waals surface area contributed by atoms with Crippen LogP contribution in [0.5, 0.6) is 17.2 Å². The van der Waals surface area contributed by atoms with Crippen LogP contribution in [-0.2, 0) is 17.8 Å². The maximum Gasteiger partial charge on any atom is 0.227 e. The lowest BCUT2D eigenvalue weighted by Gasteiger charge is -2.19. The minimum Gasteiger partial charge on any atom is -0.493 e. The minimum absolute atomic E-state index is 0.0134. The van der Waals surface area contributed by atoms with E-state index in [0.29, 0.717) is 23.8 Å². The van der Waals surface area contributed by atoms with E-state index in [1.165, 1.54) is 0 Å². The predicted molar refractivity (Wildman–Crippen MR) is 119 cm³/mol. The predicted octanol–water partition coefficient (Wildman–Crippen LogP) is 3.72. The number of methoxy groups -OCH3 is 3. The standard InChI is InChI=1S/C24H29N3O4/c1-16-20(17(2)27(25-16)19-10-8-7-9-11-19)15-26(3)23(28)14-18-12-21(29-4)24(31-6)22(13-18)30-5/h7-13H,14-15H2,1-6H3. The topological polar surface area (TPSA) is 65.8 Å². The molecule has 31 heavy (non-hydrogen) atoms. The molecular formula is C24H29N3O4. The van der Waals surface area contributed by atoms with Crippen LogP contribution in [0.1, 0.15) is 22.5 Å². The lowest BCUT2D eigenvalue weighted by atomic mass is 10.1. The Kier molecular flexibility index (Phi) is 6.84. The van der Waals surface area contributed by atoms with Crippen LogP contribution in [0, 0.1) is 13.8 Å². The van der Waals surface area contributed by atoms with E-state index in [1.54, 1.807) is 45.4 Å². The van der Waals surface area contributed by atoms with Crippen molar-refractivity contribution in [2.24, 2.45) is 0 Å². The molecule has 2 aromatic carbocycles. The van der Waals surface area contributed by atoms with Crippen LogP contribution in [-0.4, -0.2) is 49.0 Å². The van der Waals surface area contributed by atoms with Crippen molar-refractivity contribution in [3.8, 4) is 22.9 Å². The van der Waals surface area contributed by atoms with E-state index in [1.807, 2.05) is 48.9 Å². The van der Waals surface area contributed by atoms with Gasteiger partial charge in [-0.25, -0.2) is 4.68 Å². The third-order valence-corrected chi connectivity index (χ3v) is 5.34. The van der Waals surface area contributed by atoms with Crippen LogP contribution >= 0.6 is 0 Å². The minimum atomic E-state index is -0.0134. The molecule has 7 heteroatoms. The second kappa shape index (κ2) is 9.55. The fraction of sp³-hybridized carbons (Fsp3) is 0.333. The van der Waals surface area contributed by atoms with Gasteiger partial charge in [0.05, 0.1) is 39.1 Å². The van der Waals surface area contributed by atoms with Gasteiger partial charge in [-0.1, -0.05) is 18.2 Å². The fourth-order valence-corrected chi connectivity index (χ4v) is 3.60. The second-order valence-electron chi connectivity index (χ2n) is 7.36. The van der Waals surface area contributed by atoms with Gasteiger partial charge in [0, 0.05) is 24.8 Å². The summed E-state index contributed by atoms with van der Waals surface area (Å²) in [5.41, 5.74) is 4.77. The highest BCUT2D eigenvalue weighted by Gasteiger charge is 2.19. The molecule has 0 aliphatic heterocycles. The number of likely N-dealkylation sites (N-methyl/N-ethyl adjacent to an activating group) is 1. The SMILES string of the molecule is COc1cc(CC(=O)N(C)Cc2c(C)nn(-c3ccccc3)c2C)cc(OC)c1OC. The zero-order valence-electron chi connectivity index (χ0n) is 18.9. The number of aromatic nitrogens is 2. The van der Waals surface area contributed by atoms with Gasteiger partial charge in [-0.15, -0.1) is 0 Å². The summed E-state index contributed by atoms with van der Waals surface area (Å²) in [6.07, 6.45) is 0.220. The molecule has 1 amide bonds. The Labute approximate surface area is 183 Å². The number of benzene rings is 2. The summed E-state index contributed by atoms with van der Waals surface area (Å²) in [4.78, 5) is 14.7. The van der Waals surface area contributed by atoms with Crippen LogP contribution in [0.2, 0.25) is 0 Å². The van der Waals surface area contributed by atoms with E-state index >= 15 is 0 Å². The first-order valence-electron chi connectivity index (χ1n) is 10.0. The van der Waals surface area contributed by atoms with Gasteiger partial charge < -0.3 is 19.1 Å². The third kappa shape index (κ3) is 4.66. The Morgan fingerprint density at radius 1 is 1.00 bits per heavy atom. The quantitative estimate of drug-likeness (QED) is 0.553. The van der Waals surface area contributed by atoms with Crippen molar-refractivity contribution in [2.75, 3.05) is 28.4 Å².